The fourth-order valence-electron chi connectivity index (χ4n) is 2.01. The summed E-state index contributed by atoms with van der Waals surface area (Å²) < 4.78 is 5.80. The van der Waals surface area contributed by atoms with Crippen molar-refractivity contribution in [1.82, 2.24) is 4.90 Å². The molecule has 2 aromatic carbocycles. The molecule has 0 aliphatic rings. The fraction of sp³-hybridized carbons (Fsp3) is 0.200. The van der Waals surface area contributed by atoms with Crippen LogP contribution in [0.5, 0.6) is 5.75 Å². The Labute approximate surface area is 153 Å². The van der Waals surface area contributed by atoms with Crippen LogP contribution in [-0.4, -0.2) is 41.1 Å². The number of hydrogen-bond donors (Lipinski definition) is 2. The number of ether oxygens (including phenoxy) is 1. The van der Waals surface area contributed by atoms with Crippen LogP contribution in [0.4, 0.5) is 0 Å². The van der Waals surface area contributed by atoms with E-state index in [9.17, 15) is 9.59 Å². The molecule has 0 unspecified atom stereocenters. The van der Waals surface area contributed by atoms with Crippen molar-refractivity contribution in [3.05, 3.63) is 77.9 Å². The summed E-state index contributed by atoms with van der Waals surface area (Å²) in [5.41, 5.74) is 2.56. The van der Waals surface area contributed by atoms with Gasteiger partial charge >= 0.3 is 11.9 Å². The maximum absolute atomic E-state index is 9.55. The highest BCUT2D eigenvalue weighted by Gasteiger charge is 2.03. The van der Waals surface area contributed by atoms with Gasteiger partial charge in [-0.1, -0.05) is 42.5 Å². The minimum Gasteiger partial charge on any atom is -0.489 e. The molecule has 2 N–H and O–H groups in total. The highest BCUT2D eigenvalue weighted by Crippen LogP contribution is 2.15. The van der Waals surface area contributed by atoms with E-state index in [0.29, 0.717) is 18.8 Å². The largest absolute Gasteiger partial charge is 0.489 e. The lowest BCUT2D eigenvalue weighted by Crippen LogP contribution is -2.13. The third-order valence-corrected chi connectivity index (χ3v) is 3.11. The normalized spacial score (nSPS) is 10.3. The summed E-state index contributed by atoms with van der Waals surface area (Å²) in [5.74, 6) is -1.60. The molecule has 0 atom stereocenters. The number of aliphatic carboxylic acids is 2. The van der Waals surface area contributed by atoms with Crippen LogP contribution in [0.15, 0.2) is 66.7 Å². The standard InChI is InChI=1S/C16H19NO.C4H4O4/c1-17(2)12-14-8-6-7-9-15(14)13-18-16-10-4-3-5-11-16;5-3(6)1-2-4(7)8/h3-11H,12-13H2,1-2H3;1-2H,(H,5,6)(H,7,8)/b;2-1-. The maximum Gasteiger partial charge on any atom is 0.328 e. The summed E-state index contributed by atoms with van der Waals surface area (Å²) >= 11 is 0. The Morgan fingerprint density at radius 2 is 1.38 bits per heavy atom. The molecule has 138 valence electrons. The summed E-state index contributed by atoms with van der Waals surface area (Å²) in [7, 11) is 4.16. The Hall–Kier alpha value is -3.12. The molecule has 0 saturated carbocycles. The third kappa shape index (κ3) is 9.24. The van der Waals surface area contributed by atoms with Crippen LogP contribution in [-0.2, 0) is 22.7 Å². The van der Waals surface area contributed by atoms with Crippen molar-refractivity contribution >= 4 is 11.9 Å². The molecular formula is C20H23NO5. The van der Waals surface area contributed by atoms with Crippen LogP contribution in [0.3, 0.4) is 0 Å². The van der Waals surface area contributed by atoms with Gasteiger partial charge in [-0.05, 0) is 37.4 Å². The van der Waals surface area contributed by atoms with Gasteiger partial charge < -0.3 is 19.8 Å². The number of carboxylic acids is 2. The molecule has 0 bridgehead atoms. The zero-order valence-corrected chi connectivity index (χ0v) is 14.8. The van der Waals surface area contributed by atoms with Gasteiger partial charge in [0.25, 0.3) is 0 Å². The number of para-hydroxylation sites is 1. The van der Waals surface area contributed by atoms with Crippen LogP contribution in [0, 0.1) is 0 Å². The van der Waals surface area contributed by atoms with Gasteiger partial charge in [-0.15, -0.1) is 0 Å². The van der Waals surface area contributed by atoms with Gasteiger partial charge in [0.05, 0.1) is 0 Å². The van der Waals surface area contributed by atoms with E-state index < -0.39 is 11.9 Å². The Kier molecular flexibility index (Phi) is 9.20. The summed E-state index contributed by atoms with van der Waals surface area (Å²) in [5, 5.41) is 15.6. The monoisotopic (exact) mass is 357 g/mol. The van der Waals surface area contributed by atoms with Crippen molar-refractivity contribution < 1.29 is 24.5 Å². The van der Waals surface area contributed by atoms with E-state index in [1.807, 2.05) is 30.3 Å². The Balaban J connectivity index is 0.000000359. The number of benzene rings is 2. The molecule has 6 heteroatoms. The molecule has 26 heavy (non-hydrogen) atoms. The van der Waals surface area contributed by atoms with Crippen LogP contribution in [0.25, 0.3) is 0 Å². The molecule has 0 aromatic heterocycles. The van der Waals surface area contributed by atoms with Gasteiger partial charge in [0.2, 0.25) is 0 Å². The van der Waals surface area contributed by atoms with Crippen LogP contribution in [0.1, 0.15) is 11.1 Å². The quantitative estimate of drug-likeness (QED) is 0.741. The van der Waals surface area contributed by atoms with Crippen LogP contribution >= 0.6 is 0 Å². The zero-order valence-electron chi connectivity index (χ0n) is 14.8. The van der Waals surface area contributed by atoms with E-state index in [0.717, 1.165) is 12.3 Å². The topological polar surface area (TPSA) is 87.1 Å². The first-order valence-electron chi connectivity index (χ1n) is 7.91. The Morgan fingerprint density at radius 3 is 1.88 bits per heavy atom. The average molecular weight is 357 g/mol. The SMILES string of the molecule is CN(C)Cc1ccccc1COc1ccccc1.O=C(O)/C=C\C(=O)O. The second kappa shape index (κ2) is 11.4. The molecule has 0 fully saturated rings. The summed E-state index contributed by atoms with van der Waals surface area (Å²) in [4.78, 5) is 21.3. The lowest BCUT2D eigenvalue weighted by Gasteiger charge is -2.14. The average Bonchev–Trinajstić information content (AvgIpc) is 2.60. The van der Waals surface area contributed by atoms with Crippen LogP contribution < -0.4 is 4.74 Å². The van der Waals surface area contributed by atoms with Gasteiger partial charge in [-0.2, -0.15) is 0 Å². The Bertz CT molecular complexity index is 710. The van der Waals surface area contributed by atoms with E-state index >= 15 is 0 Å². The van der Waals surface area contributed by atoms with Crippen molar-refractivity contribution in [2.24, 2.45) is 0 Å². The maximum atomic E-state index is 9.55. The van der Waals surface area contributed by atoms with Gasteiger partial charge in [0.15, 0.2) is 0 Å². The second-order valence-electron chi connectivity index (χ2n) is 5.62. The minimum absolute atomic E-state index is 0.558. The smallest absolute Gasteiger partial charge is 0.328 e. The van der Waals surface area contributed by atoms with E-state index in [-0.39, 0.29) is 0 Å². The van der Waals surface area contributed by atoms with E-state index in [1.165, 1.54) is 11.1 Å². The van der Waals surface area contributed by atoms with E-state index in [1.54, 1.807) is 0 Å². The molecule has 0 amide bonds. The number of carbonyl (C=O) groups is 2. The van der Waals surface area contributed by atoms with Crippen molar-refractivity contribution in [2.45, 2.75) is 13.2 Å². The van der Waals surface area contributed by atoms with Crippen molar-refractivity contribution in [3.63, 3.8) is 0 Å². The number of nitrogens with zero attached hydrogens (tertiary/aromatic N) is 1. The molecule has 0 aliphatic carbocycles. The minimum atomic E-state index is -1.26. The Morgan fingerprint density at radius 1 is 0.885 bits per heavy atom. The van der Waals surface area contributed by atoms with E-state index in [4.69, 9.17) is 14.9 Å². The highest BCUT2D eigenvalue weighted by molar-refractivity contribution is 5.89. The summed E-state index contributed by atoms with van der Waals surface area (Å²) in [6.07, 6.45) is 1.12. The molecular weight excluding hydrogens is 334 g/mol. The summed E-state index contributed by atoms with van der Waals surface area (Å²) in [6.45, 7) is 1.56. The zero-order chi connectivity index (χ0) is 19.4. The van der Waals surface area contributed by atoms with E-state index in [2.05, 4.69) is 43.3 Å². The molecule has 0 radical (unpaired) electrons. The lowest BCUT2D eigenvalue weighted by molar-refractivity contribution is -0.134. The van der Waals surface area contributed by atoms with Gasteiger partial charge in [-0.25, -0.2) is 9.59 Å². The summed E-state index contributed by atoms with van der Waals surface area (Å²) in [6, 6.07) is 18.3. The van der Waals surface area contributed by atoms with Crippen molar-refractivity contribution in [2.75, 3.05) is 14.1 Å². The van der Waals surface area contributed by atoms with Gasteiger partial charge in [0, 0.05) is 18.7 Å². The second-order valence-corrected chi connectivity index (χ2v) is 5.62. The number of carboxylic acid groups (broad SMARTS) is 2. The fourth-order valence-corrected chi connectivity index (χ4v) is 2.01. The predicted molar refractivity (Wildman–Crippen MR) is 99.0 cm³/mol. The molecule has 6 nitrogen and oxygen atoms in total. The first-order valence-corrected chi connectivity index (χ1v) is 7.91. The highest BCUT2D eigenvalue weighted by atomic mass is 16.5. The van der Waals surface area contributed by atoms with Crippen LogP contribution in [0.2, 0.25) is 0 Å². The number of rotatable bonds is 7. The molecule has 0 spiro atoms. The molecule has 0 aliphatic heterocycles. The first-order chi connectivity index (χ1) is 12.4. The lowest BCUT2D eigenvalue weighted by atomic mass is 10.1. The molecule has 0 saturated heterocycles. The molecule has 2 rings (SSSR count). The van der Waals surface area contributed by atoms with Crippen molar-refractivity contribution in [1.29, 1.82) is 0 Å². The molecule has 0 heterocycles. The number of hydrogen-bond acceptors (Lipinski definition) is 4. The molecule has 2 aromatic rings. The van der Waals surface area contributed by atoms with Crippen molar-refractivity contribution in [3.8, 4) is 5.75 Å². The predicted octanol–water partition coefficient (Wildman–Crippen LogP) is 3.04. The third-order valence-electron chi connectivity index (χ3n) is 3.11. The van der Waals surface area contributed by atoms with Gasteiger partial charge in [-0.3, -0.25) is 0 Å². The first kappa shape index (κ1) is 20.9. The van der Waals surface area contributed by atoms with Gasteiger partial charge in [0.1, 0.15) is 12.4 Å².